The molecule has 1 amide bonds. The van der Waals surface area contributed by atoms with Crippen molar-refractivity contribution in [3.8, 4) is 11.3 Å². The molecule has 140 valence electrons. The van der Waals surface area contributed by atoms with E-state index >= 15 is 0 Å². The smallest absolute Gasteiger partial charge is 0.257 e. The van der Waals surface area contributed by atoms with Crippen molar-refractivity contribution in [2.24, 2.45) is 0 Å². The van der Waals surface area contributed by atoms with E-state index in [1.165, 1.54) is 0 Å². The van der Waals surface area contributed by atoms with Crippen LogP contribution < -0.4 is 5.32 Å². The molecule has 9 nitrogen and oxygen atoms in total. The van der Waals surface area contributed by atoms with Gasteiger partial charge in [0, 0.05) is 5.56 Å². The van der Waals surface area contributed by atoms with E-state index in [0.29, 0.717) is 11.3 Å². The van der Waals surface area contributed by atoms with Gasteiger partial charge in [0.25, 0.3) is 5.91 Å². The summed E-state index contributed by atoms with van der Waals surface area (Å²) in [6, 6.07) is 7.62. The molecule has 2 aromatic rings. The minimum absolute atomic E-state index is 0.148. The molecule has 26 heavy (non-hydrogen) atoms. The van der Waals surface area contributed by atoms with Gasteiger partial charge in [0.15, 0.2) is 6.29 Å². The second-order valence-electron chi connectivity index (χ2n) is 6.06. The van der Waals surface area contributed by atoms with Gasteiger partial charge in [0.05, 0.1) is 6.61 Å². The zero-order valence-corrected chi connectivity index (χ0v) is 13.9. The van der Waals surface area contributed by atoms with Crippen LogP contribution >= 0.6 is 0 Å². The summed E-state index contributed by atoms with van der Waals surface area (Å²) < 4.78 is 10.2. The van der Waals surface area contributed by atoms with Crippen molar-refractivity contribution in [3.63, 3.8) is 0 Å². The Hall–Kier alpha value is -2.30. The van der Waals surface area contributed by atoms with Crippen LogP contribution in [0.25, 0.3) is 11.3 Å². The van der Waals surface area contributed by atoms with E-state index in [1.807, 2.05) is 6.07 Å². The van der Waals surface area contributed by atoms with Gasteiger partial charge < -0.3 is 35.0 Å². The molecule has 0 bridgehead atoms. The number of benzene rings is 1. The minimum atomic E-state index is -1.60. The van der Waals surface area contributed by atoms with Crippen molar-refractivity contribution < 1.29 is 34.5 Å². The van der Waals surface area contributed by atoms with Crippen LogP contribution in [0.15, 0.2) is 34.9 Å². The Balaban J connectivity index is 1.84. The first kappa shape index (κ1) is 18.5. The number of aryl methyl sites for hydroxylation is 1. The van der Waals surface area contributed by atoms with Crippen LogP contribution in [0.2, 0.25) is 0 Å². The summed E-state index contributed by atoms with van der Waals surface area (Å²) in [5.41, 5.74) is 1.13. The third-order valence-corrected chi connectivity index (χ3v) is 4.33. The molecule has 1 aromatic carbocycles. The highest BCUT2D eigenvalue weighted by Gasteiger charge is 2.44. The Bertz CT molecular complexity index is 764. The highest BCUT2D eigenvalue weighted by Crippen LogP contribution is 2.26. The van der Waals surface area contributed by atoms with Crippen LogP contribution in [0.3, 0.4) is 0 Å². The van der Waals surface area contributed by atoms with Gasteiger partial charge in [-0.3, -0.25) is 4.79 Å². The number of rotatable bonds is 4. The lowest BCUT2D eigenvalue weighted by Crippen LogP contribution is -2.64. The number of aliphatic hydroxyl groups is 4. The molecule has 9 heteroatoms. The zero-order valence-electron chi connectivity index (χ0n) is 13.9. The molecule has 0 unspecified atom stereocenters. The molecule has 1 saturated heterocycles. The predicted molar refractivity (Wildman–Crippen MR) is 87.9 cm³/mol. The number of amides is 1. The van der Waals surface area contributed by atoms with E-state index in [0.717, 1.165) is 0 Å². The number of aliphatic hydroxyl groups excluding tert-OH is 4. The Morgan fingerprint density at radius 3 is 2.54 bits per heavy atom. The maximum absolute atomic E-state index is 12.7. The van der Waals surface area contributed by atoms with Crippen molar-refractivity contribution >= 4 is 5.91 Å². The minimum Gasteiger partial charge on any atom is -0.394 e. The fourth-order valence-corrected chi connectivity index (χ4v) is 2.91. The maximum Gasteiger partial charge on any atom is 0.257 e. The van der Waals surface area contributed by atoms with Crippen molar-refractivity contribution in [1.29, 1.82) is 0 Å². The van der Waals surface area contributed by atoms with Gasteiger partial charge in [-0.15, -0.1) is 0 Å². The fraction of sp³-hybridized carbons (Fsp3) is 0.412. The summed E-state index contributed by atoms with van der Waals surface area (Å²) in [7, 11) is 0. The third-order valence-electron chi connectivity index (χ3n) is 4.33. The summed E-state index contributed by atoms with van der Waals surface area (Å²) in [6.07, 6.45) is -5.74. The fourth-order valence-electron chi connectivity index (χ4n) is 2.91. The van der Waals surface area contributed by atoms with Crippen LogP contribution in [-0.2, 0) is 4.74 Å². The molecule has 5 N–H and O–H groups in total. The average Bonchev–Trinajstić information content (AvgIpc) is 3.04. The molecule has 0 aliphatic carbocycles. The number of carbonyl (C=O) groups is 1. The van der Waals surface area contributed by atoms with Crippen LogP contribution in [0.5, 0.6) is 0 Å². The highest BCUT2D eigenvalue weighted by atomic mass is 16.6. The zero-order chi connectivity index (χ0) is 18.8. The second-order valence-corrected chi connectivity index (χ2v) is 6.06. The number of carbonyl (C=O) groups excluding carboxylic acids is 1. The first-order valence-electron chi connectivity index (χ1n) is 8.07. The van der Waals surface area contributed by atoms with Gasteiger partial charge in [-0.25, -0.2) is 0 Å². The van der Waals surface area contributed by atoms with Crippen LogP contribution in [-0.4, -0.2) is 68.7 Å². The van der Waals surface area contributed by atoms with Gasteiger partial charge in [0.2, 0.25) is 0 Å². The molecule has 1 aliphatic rings. The lowest BCUT2D eigenvalue weighted by atomic mass is 9.96. The van der Waals surface area contributed by atoms with E-state index in [4.69, 9.17) is 14.4 Å². The lowest BCUT2D eigenvalue weighted by molar-refractivity contribution is -0.252. The normalized spacial score (nSPS) is 28.7. The van der Waals surface area contributed by atoms with Crippen molar-refractivity contribution in [3.05, 3.63) is 41.7 Å². The number of nitrogens with zero attached hydrogens (tertiary/aromatic N) is 1. The first-order valence-corrected chi connectivity index (χ1v) is 8.07. The van der Waals surface area contributed by atoms with Crippen LogP contribution in [0, 0.1) is 6.92 Å². The van der Waals surface area contributed by atoms with Gasteiger partial charge in [-0.05, 0) is 6.92 Å². The molecular formula is C17H20N2O7. The monoisotopic (exact) mass is 364 g/mol. The number of ether oxygens (including phenoxy) is 1. The van der Waals surface area contributed by atoms with Crippen molar-refractivity contribution in [2.45, 2.75) is 37.6 Å². The summed E-state index contributed by atoms with van der Waals surface area (Å²) >= 11 is 0. The number of hydrogen-bond donors (Lipinski definition) is 5. The van der Waals surface area contributed by atoms with E-state index in [-0.39, 0.29) is 11.3 Å². The lowest BCUT2D eigenvalue weighted by Gasteiger charge is -2.40. The highest BCUT2D eigenvalue weighted by molar-refractivity contribution is 6.01. The van der Waals surface area contributed by atoms with Gasteiger partial charge in [-0.2, -0.15) is 0 Å². The third kappa shape index (κ3) is 3.35. The number of nitrogens with one attached hydrogen (secondary N) is 1. The van der Waals surface area contributed by atoms with E-state index < -0.39 is 43.2 Å². The Kier molecular flexibility index (Phi) is 5.35. The molecule has 1 aromatic heterocycles. The topological polar surface area (TPSA) is 145 Å². The van der Waals surface area contributed by atoms with E-state index in [2.05, 4.69) is 10.5 Å². The molecule has 0 spiro atoms. The molecule has 1 fully saturated rings. The molecule has 5 atom stereocenters. The van der Waals surface area contributed by atoms with E-state index in [1.54, 1.807) is 31.2 Å². The Morgan fingerprint density at radius 2 is 1.88 bits per heavy atom. The largest absolute Gasteiger partial charge is 0.394 e. The summed E-state index contributed by atoms with van der Waals surface area (Å²) in [5.74, 6) is -0.389. The summed E-state index contributed by atoms with van der Waals surface area (Å²) in [4.78, 5) is 12.7. The van der Waals surface area contributed by atoms with Crippen LogP contribution in [0.1, 0.15) is 16.1 Å². The summed E-state index contributed by atoms with van der Waals surface area (Å²) in [6.45, 7) is 0.980. The molecular weight excluding hydrogens is 344 g/mol. The standard InChI is InChI=1S/C17H20N2O7/c1-8-11(12(19-26-8)9-5-3-2-4-6-9)16(23)18-13-15(22)14(21)10(7-20)25-17(13)24/h2-6,10,13-15,17,20-22,24H,7H2,1H3,(H,18,23)/t10-,13-,14-,15-,17-/m1/s1. The molecule has 2 heterocycles. The number of hydrogen-bond acceptors (Lipinski definition) is 8. The Labute approximate surface area is 148 Å². The van der Waals surface area contributed by atoms with Crippen molar-refractivity contribution in [2.75, 3.05) is 6.61 Å². The molecule has 1 aliphatic heterocycles. The maximum atomic E-state index is 12.7. The molecule has 0 saturated carbocycles. The average molecular weight is 364 g/mol. The van der Waals surface area contributed by atoms with Gasteiger partial charge in [-0.1, -0.05) is 35.5 Å². The van der Waals surface area contributed by atoms with E-state index in [9.17, 15) is 20.1 Å². The molecule has 0 radical (unpaired) electrons. The summed E-state index contributed by atoms with van der Waals surface area (Å²) in [5, 5.41) is 45.5. The first-order chi connectivity index (χ1) is 12.4. The van der Waals surface area contributed by atoms with Crippen LogP contribution in [0.4, 0.5) is 0 Å². The predicted octanol–water partition coefficient (Wildman–Crippen LogP) is -0.820. The second kappa shape index (κ2) is 7.52. The van der Waals surface area contributed by atoms with Crippen molar-refractivity contribution in [1.82, 2.24) is 10.5 Å². The van der Waals surface area contributed by atoms with Gasteiger partial charge in [0.1, 0.15) is 41.4 Å². The quantitative estimate of drug-likeness (QED) is 0.473. The SMILES string of the molecule is Cc1onc(-c2ccccc2)c1C(=O)N[C@@H]1[C@@H](O)[C@H](O)[C@@H](CO)O[C@H]1O. The molecule has 3 rings (SSSR count). The Morgan fingerprint density at radius 1 is 1.19 bits per heavy atom. The van der Waals surface area contributed by atoms with Gasteiger partial charge >= 0.3 is 0 Å². The number of aromatic nitrogens is 1.